The number of nitrogens with zero attached hydrogens (tertiary/aromatic N) is 3. The highest BCUT2D eigenvalue weighted by molar-refractivity contribution is 14.0. The van der Waals surface area contributed by atoms with Gasteiger partial charge in [-0.15, -0.1) is 24.0 Å². The molecular formula is C22H28IN5O. The summed E-state index contributed by atoms with van der Waals surface area (Å²) in [5.74, 6) is 0.743. The summed E-state index contributed by atoms with van der Waals surface area (Å²) in [6, 6.07) is 18.1. The second-order valence-corrected chi connectivity index (χ2v) is 6.53. The molecule has 3 aromatic rings. The number of rotatable bonds is 7. The van der Waals surface area contributed by atoms with E-state index in [1.807, 2.05) is 60.3 Å². The second-order valence-electron chi connectivity index (χ2n) is 6.53. The van der Waals surface area contributed by atoms with E-state index in [1.54, 1.807) is 6.20 Å². The van der Waals surface area contributed by atoms with Gasteiger partial charge in [-0.3, -0.25) is 0 Å². The fourth-order valence-electron chi connectivity index (χ4n) is 3.00. The second kappa shape index (κ2) is 11.6. The molecule has 0 aliphatic carbocycles. The van der Waals surface area contributed by atoms with Crippen molar-refractivity contribution in [1.29, 1.82) is 0 Å². The zero-order chi connectivity index (χ0) is 19.8. The molecule has 29 heavy (non-hydrogen) atoms. The van der Waals surface area contributed by atoms with E-state index in [9.17, 15) is 5.11 Å². The predicted molar refractivity (Wildman–Crippen MR) is 128 cm³/mol. The number of benzene rings is 2. The van der Waals surface area contributed by atoms with Gasteiger partial charge in [0, 0.05) is 18.9 Å². The van der Waals surface area contributed by atoms with Gasteiger partial charge >= 0.3 is 0 Å². The Balaban J connectivity index is 0.00000300. The van der Waals surface area contributed by atoms with E-state index in [1.165, 1.54) is 0 Å². The molecule has 3 N–H and O–H groups in total. The molecule has 0 saturated carbocycles. The van der Waals surface area contributed by atoms with Gasteiger partial charge < -0.3 is 15.7 Å². The van der Waals surface area contributed by atoms with Crippen molar-refractivity contribution in [3.8, 4) is 5.69 Å². The van der Waals surface area contributed by atoms with Crippen LogP contribution in [0, 0.1) is 0 Å². The van der Waals surface area contributed by atoms with Gasteiger partial charge in [-0.05, 0) is 48.7 Å². The molecule has 154 valence electrons. The van der Waals surface area contributed by atoms with Crippen LogP contribution < -0.4 is 10.6 Å². The molecule has 1 heterocycles. The fraction of sp³-hybridized carbons (Fsp3) is 0.273. The maximum atomic E-state index is 9.50. The van der Waals surface area contributed by atoms with Crippen LogP contribution in [0.1, 0.15) is 36.6 Å². The summed E-state index contributed by atoms with van der Waals surface area (Å²) >= 11 is 0. The lowest BCUT2D eigenvalue weighted by molar-refractivity contribution is 0.280. The third-order valence-electron chi connectivity index (χ3n) is 4.53. The Morgan fingerprint density at radius 2 is 1.93 bits per heavy atom. The number of aliphatic hydroxyl groups excluding tert-OH is 1. The zero-order valence-electron chi connectivity index (χ0n) is 16.7. The Labute approximate surface area is 189 Å². The molecular weight excluding hydrogens is 477 g/mol. The van der Waals surface area contributed by atoms with Gasteiger partial charge in [0.1, 0.15) is 0 Å². The van der Waals surface area contributed by atoms with Crippen molar-refractivity contribution in [3.05, 3.63) is 83.7 Å². The number of hydrogen-bond acceptors (Lipinski definition) is 3. The number of aliphatic hydroxyl groups is 1. The number of guanidine groups is 1. The molecule has 3 rings (SSSR count). The lowest BCUT2D eigenvalue weighted by atomic mass is 10.1. The Morgan fingerprint density at radius 1 is 1.14 bits per heavy atom. The van der Waals surface area contributed by atoms with E-state index >= 15 is 0 Å². The normalized spacial score (nSPS) is 12.2. The van der Waals surface area contributed by atoms with Gasteiger partial charge in [-0.25, -0.2) is 9.67 Å². The van der Waals surface area contributed by atoms with Crippen molar-refractivity contribution in [2.24, 2.45) is 4.99 Å². The van der Waals surface area contributed by atoms with E-state index in [4.69, 9.17) is 4.99 Å². The van der Waals surface area contributed by atoms with Crippen LogP contribution >= 0.6 is 24.0 Å². The third kappa shape index (κ3) is 6.30. The largest absolute Gasteiger partial charge is 0.392 e. The first-order valence-electron chi connectivity index (χ1n) is 9.53. The van der Waals surface area contributed by atoms with Crippen LogP contribution in [-0.2, 0) is 13.2 Å². The maximum Gasteiger partial charge on any atom is 0.192 e. The summed E-state index contributed by atoms with van der Waals surface area (Å²) in [5, 5.41) is 20.5. The summed E-state index contributed by atoms with van der Waals surface area (Å²) < 4.78 is 1.85. The van der Waals surface area contributed by atoms with Gasteiger partial charge in [0.2, 0.25) is 0 Å². The predicted octanol–water partition coefficient (Wildman–Crippen LogP) is 3.80. The average molecular weight is 505 g/mol. The molecule has 2 aromatic carbocycles. The van der Waals surface area contributed by atoms with Gasteiger partial charge in [0.05, 0.1) is 24.9 Å². The number of nitrogens with one attached hydrogen (secondary N) is 2. The number of aliphatic imine (C=N–C) groups is 1. The van der Waals surface area contributed by atoms with Crippen LogP contribution in [0.2, 0.25) is 0 Å². The van der Waals surface area contributed by atoms with Gasteiger partial charge in [0.15, 0.2) is 5.96 Å². The molecule has 0 aliphatic rings. The minimum atomic E-state index is 0. The van der Waals surface area contributed by atoms with Crippen LogP contribution in [0.4, 0.5) is 0 Å². The molecule has 0 fully saturated rings. The third-order valence-corrected chi connectivity index (χ3v) is 4.53. The molecule has 1 unspecified atom stereocenters. The first-order chi connectivity index (χ1) is 13.7. The monoisotopic (exact) mass is 505 g/mol. The molecule has 0 amide bonds. The van der Waals surface area contributed by atoms with Crippen molar-refractivity contribution in [2.45, 2.75) is 33.0 Å². The number of halogens is 1. The van der Waals surface area contributed by atoms with Crippen molar-refractivity contribution < 1.29 is 5.11 Å². The zero-order valence-corrected chi connectivity index (χ0v) is 19.1. The molecule has 0 bridgehead atoms. The fourth-order valence-corrected chi connectivity index (χ4v) is 3.00. The van der Waals surface area contributed by atoms with Crippen molar-refractivity contribution in [2.75, 3.05) is 6.54 Å². The topological polar surface area (TPSA) is 74.5 Å². The van der Waals surface area contributed by atoms with Gasteiger partial charge in [-0.1, -0.05) is 36.4 Å². The molecule has 1 atom stereocenters. The Kier molecular flexibility index (Phi) is 9.14. The van der Waals surface area contributed by atoms with Crippen molar-refractivity contribution in [1.82, 2.24) is 20.4 Å². The van der Waals surface area contributed by atoms with Crippen LogP contribution in [0.15, 0.2) is 72.0 Å². The highest BCUT2D eigenvalue weighted by atomic mass is 127. The highest BCUT2D eigenvalue weighted by Gasteiger charge is 2.09. The summed E-state index contributed by atoms with van der Waals surface area (Å²) in [7, 11) is 0. The van der Waals surface area contributed by atoms with E-state index in [0.717, 1.165) is 34.9 Å². The lowest BCUT2D eigenvalue weighted by Crippen LogP contribution is -2.38. The van der Waals surface area contributed by atoms with Crippen molar-refractivity contribution >= 4 is 29.9 Å². The molecule has 0 aliphatic heterocycles. The summed E-state index contributed by atoms with van der Waals surface area (Å²) in [6.07, 6.45) is 3.70. The van der Waals surface area contributed by atoms with Crippen LogP contribution in [0.25, 0.3) is 5.69 Å². The highest BCUT2D eigenvalue weighted by Crippen LogP contribution is 2.17. The number of aromatic nitrogens is 2. The van der Waals surface area contributed by atoms with Crippen molar-refractivity contribution in [3.63, 3.8) is 0 Å². The average Bonchev–Trinajstić information content (AvgIpc) is 3.27. The molecule has 0 saturated heterocycles. The van der Waals surface area contributed by atoms with Crippen LogP contribution in [0.5, 0.6) is 0 Å². The Bertz CT molecular complexity index is 911. The minimum absolute atomic E-state index is 0. The minimum Gasteiger partial charge on any atom is -0.392 e. The molecule has 6 nitrogen and oxygen atoms in total. The van der Waals surface area contributed by atoms with Crippen LogP contribution in [-0.4, -0.2) is 27.4 Å². The van der Waals surface area contributed by atoms with E-state index in [0.29, 0.717) is 6.54 Å². The van der Waals surface area contributed by atoms with Crippen LogP contribution in [0.3, 0.4) is 0 Å². The van der Waals surface area contributed by atoms with E-state index in [-0.39, 0.29) is 36.6 Å². The first kappa shape index (κ1) is 22.9. The SMILES string of the molecule is CCNC(=NCc1ccccc1CO)NC(C)c1cccc(-n2cccn2)c1.I. The molecule has 0 radical (unpaired) electrons. The van der Waals surface area contributed by atoms with Gasteiger partial charge in [-0.2, -0.15) is 5.10 Å². The summed E-state index contributed by atoms with van der Waals surface area (Å²) in [5.41, 5.74) is 4.10. The van der Waals surface area contributed by atoms with E-state index in [2.05, 4.69) is 34.8 Å². The van der Waals surface area contributed by atoms with E-state index < -0.39 is 0 Å². The first-order valence-corrected chi connectivity index (χ1v) is 9.53. The Morgan fingerprint density at radius 3 is 2.62 bits per heavy atom. The van der Waals surface area contributed by atoms with Gasteiger partial charge in [0.25, 0.3) is 0 Å². The lowest BCUT2D eigenvalue weighted by Gasteiger charge is -2.19. The summed E-state index contributed by atoms with van der Waals surface area (Å²) in [6.45, 7) is 5.45. The number of hydrogen-bond donors (Lipinski definition) is 3. The summed E-state index contributed by atoms with van der Waals surface area (Å²) in [4.78, 5) is 4.70. The Hall–Kier alpha value is -2.39. The molecule has 0 spiro atoms. The standard InChI is InChI=1S/C22H27N5O.HI/c1-3-23-22(24-15-19-8-4-5-9-20(19)16-28)26-17(2)18-10-6-11-21(14-18)27-13-7-12-25-27;/h4-14,17,28H,3,15-16H2,1-2H3,(H2,23,24,26);1H. The molecule has 1 aromatic heterocycles. The quantitative estimate of drug-likeness (QED) is 0.260. The maximum absolute atomic E-state index is 9.50. The molecule has 7 heteroatoms. The smallest absolute Gasteiger partial charge is 0.192 e.